The summed E-state index contributed by atoms with van der Waals surface area (Å²) in [6, 6.07) is 12.0. The summed E-state index contributed by atoms with van der Waals surface area (Å²) in [5.74, 6) is 1.41. The van der Waals surface area contributed by atoms with Gasteiger partial charge in [0.1, 0.15) is 5.82 Å². The van der Waals surface area contributed by atoms with Crippen molar-refractivity contribution in [2.45, 2.75) is 39.3 Å². The molecule has 2 N–H and O–H groups in total. The van der Waals surface area contributed by atoms with E-state index in [-0.39, 0.29) is 6.61 Å². The predicted octanol–water partition coefficient (Wildman–Crippen LogP) is 3.39. The molecule has 0 saturated heterocycles. The van der Waals surface area contributed by atoms with Crippen LogP contribution in [0.4, 0.5) is 0 Å². The van der Waals surface area contributed by atoms with E-state index in [9.17, 15) is 5.11 Å². The number of rotatable bonds is 8. The highest BCUT2D eigenvalue weighted by atomic mass is 35.5. The number of nitrogens with one attached hydrogen (secondary N) is 1. The lowest BCUT2D eigenvalue weighted by molar-refractivity contribution is 0.271. The number of tetrazole rings is 1. The Labute approximate surface area is 173 Å². The Morgan fingerprint density at radius 2 is 2.03 bits per heavy atom. The Morgan fingerprint density at radius 3 is 2.79 bits per heavy atom. The second kappa shape index (κ2) is 8.59. The van der Waals surface area contributed by atoms with Gasteiger partial charge in [-0.3, -0.25) is 0 Å². The summed E-state index contributed by atoms with van der Waals surface area (Å²) in [5.41, 5.74) is 3.53. The summed E-state index contributed by atoms with van der Waals surface area (Å²) in [4.78, 5) is 4.49. The maximum Gasteiger partial charge on any atom is 0.221 e. The number of unbranched alkanes of at least 4 members (excludes halogenated alkanes) is 1. The van der Waals surface area contributed by atoms with Crippen molar-refractivity contribution in [1.82, 2.24) is 34.7 Å². The van der Waals surface area contributed by atoms with Crippen LogP contribution in [0.2, 0.25) is 5.15 Å². The molecule has 0 amide bonds. The lowest BCUT2D eigenvalue weighted by Gasteiger charge is -2.16. The molecule has 0 atom stereocenters. The largest absolute Gasteiger partial charge is 0.390 e. The van der Waals surface area contributed by atoms with Gasteiger partial charge in [-0.15, -0.1) is 10.2 Å². The number of nitrogens with zero attached hydrogens (tertiary/aromatic N) is 6. The highest BCUT2D eigenvalue weighted by Crippen LogP contribution is 2.26. The molecule has 1 aromatic carbocycles. The molecule has 3 aromatic heterocycles. The Kier molecular flexibility index (Phi) is 5.73. The first kappa shape index (κ1) is 19.4. The number of hydrogen-bond donors (Lipinski definition) is 2. The van der Waals surface area contributed by atoms with E-state index in [4.69, 9.17) is 11.6 Å². The SMILES string of the molecule is CCCCc1nc(Cl)c(CO)n1Cc1ccccc1-n1cccc1-c1nn[nH]n1. The van der Waals surface area contributed by atoms with Gasteiger partial charge in [0.2, 0.25) is 5.82 Å². The average molecular weight is 412 g/mol. The number of aromatic nitrogens is 7. The number of H-pyrrole nitrogens is 1. The normalized spacial score (nSPS) is 11.3. The van der Waals surface area contributed by atoms with Gasteiger partial charge in [0, 0.05) is 12.6 Å². The first-order chi connectivity index (χ1) is 14.2. The van der Waals surface area contributed by atoms with Crippen molar-refractivity contribution in [3.8, 4) is 17.2 Å². The van der Waals surface area contributed by atoms with Gasteiger partial charge >= 0.3 is 0 Å². The number of para-hydroxylation sites is 1. The van der Waals surface area contributed by atoms with Crippen molar-refractivity contribution < 1.29 is 5.11 Å². The van der Waals surface area contributed by atoms with Crippen LogP contribution in [0, 0.1) is 0 Å². The van der Waals surface area contributed by atoms with Gasteiger partial charge in [0.15, 0.2) is 5.15 Å². The summed E-state index contributed by atoms with van der Waals surface area (Å²) in [7, 11) is 0. The van der Waals surface area contributed by atoms with Crippen molar-refractivity contribution in [2.24, 2.45) is 0 Å². The van der Waals surface area contributed by atoms with Crippen LogP contribution in [0.1, 0.15) is 36.8 Å². The standard InChI is InChI=1S/C20H22ClN7O/c1-2-3-10-18-22-19(21)17(13-29)28(18)12-14-7-4-5-8-15(14)27-11-6-9-16(27)20-23-25-26-24-20/h4-9,11,29H,2-3,10,12-13H2,1H3,(H,23,24,25,26). The van der Waals surface area contributed by atoms with Gasteiger partial charge in [-0.25, -0.2) is 4.98 Å². The molecule has 0 saturated carbocycles. The van der Waals surface area contributed by atoms with Gasteiger partial charge in [0.05, 0.1) is 30.2 Å². The average Bonchev–Trinajstić information content (AvgIpc) is 3.47. The van der Waals surface area contributed by atoms with E-state index >= 15 is 0 Å². The number of benzene rings is 1. The summed E-state index contributed by atoms with van der Waals surface area (Å²) in [6.07, 6.45) is 4.86. The number of aliphatic hydroxyl groups is 1. The monoisotopic (exact) mass is 411 g/mol. The molecule has 4 aromatic rings. The zero-order chi connectivity index (χ0) is 20.2. The zero-order valence-electron chi connectivity index (χ0n) is 16.1. The molecule has 0 spiro atoms. The van der Waals surface area contributed by atoms with Crippen molar-refractivity contribution in [1.29, 1.82) is 0 Å². The molecule has 0 unspecified atom stereocenters. The first-order valence-electron chi connectivity index (χ1n) is 9.57. The van der Waals surface area contributed by atoms with Crippen molar-refractivity contribution in [2.75, 3.05) is 0 Å². The molecular formula is C20H22ClN7O. The molecule has 0 aliphatic carbocycles. The summed E-state index contributed by atoms with van der Waals surface area (Å²) in [6.45, 7) is 2.54. The number of aryl methyl sites for hydroxylation is 1. The van der Waals surface area contributed by atoms with Gasteiger partial charge in [-0.05, 0) is 35.4 Å². The van der Waals surface area contributed by atoms with E-state index in [0.29, 0.717) is 23.2 Å². The topological polar surface area (TPSA) is 97.4 Å². The highest BCUT2D eigenvalue weighted by molar-refractivity contribution is 6.30. The van der Waals surface area contributed by atoms with Crippen LogP contribution in [0.25, 0.3) is 17.2 Å². The first-order valence-corrected chi connectivity index (χ1v) is 9.94. The summed E-state index contributed by atoms with van der Waals surface area (Å²) in [5, 5.41) is 24.6. The van der Waals surface area contributed by atoms with Crippen LogP contribution in [-0.4, -0.2) is 39.8 Å². The number of hydrogen-bond acceptors (Lipinski definition) is 5. The Balaban J connectivity index is 1.76. The van der Waals surface area contributed by atoms with Crippen LogP contribution < -0.4 is 0 Å². The lowest BCUT2D eigenvalue weighted by Crippen LogP contribution is -2.11. The fraction of sp³-hybridized carbons (Fsp3) is 0.300. The van der Waals surface area contributed by atoms with Crippen LogP contribution in [-0.2, 0) is 19.6 Å². The smallest absolute Gasteiger partial charge is 0.221 e. The van der Waals surface area contributed by atoms with Crippen LogP contribution in [0.3, 0.4) is 0 Å². The fourth-order valence-electron chi connectivity index (χ4n) is 3.46. The molecule has 9 heteroatoms. The molecule has 0 bridgehead atoms. The van der Waals surface area contributed by atoms with Crippen LogP contribution >= 0.6 is 11.6 Å². The lowest BCUT2D eigenvalue weighted by atomic mass is 10.1. The molecule has 0 aliphatic heterocycles. The Morgan fingerprint density at radius 1 is 1.17 bits per heavy atom. The minimum atomic E-state index is -0.155. The molecule has 8 nitrogen and oxygen atoms in total. The number of aromatic amines is 1. The third kappa shape index (κ3) is 3.81. The summed E-state index contributed by atoms with van der Waals surface area (Å²) >= 11 is 6.30. The number of halogens is 1. The van der Waals surface area contributed by atoms with E-state index in [0.717, 1.165) is 42.0 Å². The van der Waals surface area contributed by atoms with Crippen LogP contribution in [0.15, 0.2) is 42.6 Å². The van der Waals surface area contributed by atoms with Crippen molar-refractivity contribution in [3.05, 3.63) is 64.8 Å². The van der Waals surface area contributed by atoms with Crippen molar-refractivity contribution in [3.63, 3.8) is 0 Å². The van der Waals surface area contributed by atoms with E-state index in [1.54, 1.807) is 0 Å². The maximum absolute atomic E-state index is 9.86. The maximum atomic E-state index is 9.86. The van der Waals surface area contributed by atoms with E-state index < -0.39 is 0 Å². The fourth-order valence-corrected chi connectivity index (χ4v) is 3.72. The van der Waals surface area contributed by atoms with Crippen LogP contribution in [0.5, 0.6) is 0 Å². The van der Waals surface area contributed by atoms with Gasteiger partial charge in [-0.1, -0.05) is 43.1 Å². The zero-order valence-corrected chi connectivity index (χ0v) is 16.8. The minimum Gasteiger partial charge on any atom is -0.390 e. The third-order valence-electron chi connectivity index (χ3n) is 4.91. The second-order valence-corrected chi connectivity index (χ2v) is 7.10. The highest BCUT2D eigenvalue weighted by Gasteiger charge is 2.18. The second-order valence-electron chi connectivity index (χ2n) is 6.74. The molecule has 0 radical (unpaired) electrons. The van der Waals surface area contributed by atoms with E-state index in [1.165, 1.54) is 0 Å². The van der Waals surface area contributed by atoms with E-state index in [2.05, 4.69) is 38.6 Å². The Hall–Kier alpha value is -2.97. The Bertz CT molecular complexity index is 1080. The molecule has 0 fully saturated rings. The van der Waals surface area contributed by atoms with E-state index in [1.807, 2.05) is 45.7 Å². The third-order valence-corrected chi connectivity index (χ3v) is 5.21. The number of aliphatic hydroxyl groups excluding tert-OH is 1. The summed E-state index contributed by atoms with van der Waals surface area (Å²) < 4.78 is 4.05. The number of imidazole rings is 1. The van der Waals surface area contributed by atoms with Gasteiger partial charge in [0.25, 0.3) is 0 Å². The molecule has 3 heterocycles. The predicted molar refractivity (Wildman–Crippen MR) is 110 cm³/mol. The molecule has 4 rings (SSSR count). The molecule has 150 valence electrons. The van der Waals surface area contributed by atoms with Gasteiger partial charge < -0.3 is 14.2 Å². The molecular weight excluding hydrogens is 390 g/mol. The van der Waals surface area contributed by atoms with Gasteiger partial charge in [-0.2, -0.15) is 5.21 Å². The molecule has 29 heavy (non-hydrogen) atoms. The minimum absolute atomic E-state index is 0.155. The quantitative estimate of drug-likeness (QED) is 0.463. The van der Waals surface area contributed by atoms with Crippen molar-refractivity contribution >= 4 is 11.6 Å². The molecule has 0 aliphatic rings.